The lowest BCUT2D eigenvalue weighted by Gasteiger charge is -2.20. The first kappa shape index (κ1) is 18.7. The van der Waals surface area contributed by atoms with E-state index in [1.807, 2.05) is 4.90 Å². The third-order valence-corrected chi connectivity index (χ3v) is 5.03. The smallest absolute Gasteiger partial charge is 0.257 e. The standard InChI is InChI=1S/C19H19Cl2N3O2/c20-16-11-14(12-22-17(16)21)18(25)23-15-7-5-13(6-8-15)19(26)24-9-3-1-2-4-10-24/h5-8,11-12H,1-4,9-10H2,(H,23,25). The van der Waals surface area contributed by atoms with Crippen LogP contribution in [-0.4, -0.2) is 34.8 Å². The summed E-state index contributed by atoms with van der Waals surface area (Å²) >= 11 is 11.6. The molecule has 0 saturated carbocycles. The lowest BCUT2D eigenvalue weighted by molar-refractivity contribution is 0.0761. The van der Waals surface area contributed by atoms with Crippen molar-refractivity contribution < 1.29 is 9.59 Å². The topological polar surface area (TPSA) is 62.3 Å². The quantitative estimate of drug-likeness (QED) is 0.773. The van der Waals surface area contributed by atoms with Gasteiger partial charge in [-0.3, -0.25) is 9.59 Å². The van der Waals surface area contributed by atoms with Crippen LogP contribution in [0.15, 0.2) is 36.5 Å². The van der Waals surface area contributed by atoms with Crippen LogP contribution in [-0.2, 0) is 0 Å². The number of hydrogen-bond acceptors (Lipinski definition) is 3. The molecule has 0 bridgehead atoms. The molecule has 7 heteroatoms. The monoisotopic (exact) mass is 391 g/mol. The summed E-state index contributed by atoms with van der Waals surface area (Å²) < 4.78 is 0. The normalized spacial score (nSPS) is 14.6. The van der Waals surface area contributed by atoms with Crippen molar-refractivity contribution in [3.63, 3.8) is 0 Å². The molecule has 2 heterocycles. The van der Waals surface area contributed by atoms with Crippen LogP contribution in [0.1, 0.15) is 46.4 Å². The molecule has 1 aromatic heterocycles. The van der Waals surface area contributed by atoms with Gasteiger partial charge in [-0.1, -0.05) is 36.0 Å². The van der Waals surface area contributed by atoms with E-state index >= 15 is 0 Å². The molecule has 3 rings (SSSR count). The van der Waals surface area contributed by atoms with Crippen molar-refractivity contribution in [2.45, 2.75) is 25.7 Å². The summed E-state index contributed by atoms with van der Waals surface area (Å²) in [6, 6.07) is 8.36. The second kappa shape index (κ2) is 8.52. The number of nitrogens with one attached hydrogen (secondary N) is 1. The molecule has 0 unspecified atom stereocenters. The first-order chi connectivity index (χ1) is 12.5. The van der Waals surface area contributed by atoms with E-state index < -0.39 is 0 Å². The van der Waals surface area contributed by atoms with Crippen LogP contribution >= 0.6 is 23.2 Å². The van der Waals surface area contributed by atoms with Gasteiger partial charge >= 0.3 is 0 Å². The Morgan fingerprint density at radius 3 is 2.23 bits per heavy atom. The van der Waals surface area contributed by atoms with Crippen molar-refractivity contribution in [3.8, 4) is 0 Å². The number of amides is 2. The number of pyridine rings is 1. The SMILES string of the molecule is O=C(Nc1ccc(C(=O)N2CCCCCC2)cc1)c1cnc(Cl)c(Cl)c1. The molecule has 1 aromatic carbocycles. The van der Waals surface area contributed by atoms with Crippen molar-refractivity contribution in [1.29, 1.82) is 0 Å². The van der Waals surface area contributed by atoms with Gasteiger partial charge in [-0.25, -0.2) is 4.98 Å². The fraction of sp³-hybridized carbons (Fsp3) is 0.316. The Morgan fingerprint density at radius 1 is 0.962 bits per heavy atom. The Morgan fingerprint density at radius 2 is 1.62 bits per heavy atom. The van der Waals surface area contributed by atoms with Gasteiger partial charge in [0.25, 0.3) is 11.8 Å². The molecule has 1 aliphatic heterocycles. The third-order valence-electron chi connectivity index (χ3n) is 4.34. The average Bonchev–Trinajstić information content (AvgIpc) is 2.93. The predicted octanol–water partition coefficient (Wildman–Crippen LogP) is 4.66. The number of rotatable bonds is 3. The Balaban J connectivity index is 1.66. The van der Waals surface area contributed by atoms with E-state index in [-0.39, 0.29) is 22.0 Å². The van der Waals surface area contributed by atoms with E-state index in [2.05, 4.69) is 10.3 Å². The minimum Gasteiger partial charge on any atom is -0.339 e. The van der Waals surface area contributed by atoms with Crippen LogP contribution in [0.4, 0.5) is 5.69 Å². The number of likely N-dealkylation sites (tertiary alicyclic amines) is 1. The molecule has 0 atom stereocenters. The minimum absolute atomic E-state index is 0.0402. The summed E-state index contributed by atoms with van der Waals surface area (Å²) in [5.41, 5.74) is 1.53. The Kier molecular flexibility index (Phi) is 6.12. The molecule has 0 radical (unpaired) electrons. The van der Waals surface area contributed by atoms with Gasteiger partial charge < -0.3 is 10.2 Å². The number of anilines is 1. The number of hydrogen-bond donors (Lipinski definition) is 1. The van der Waals surface area contributed by atoms with Crippen LogP contribution in [0, 0.1) is 0 Å². The van der Waals surface area contributed by atoms with E-state index in [0.717, 1.165) is 25.9 Å². The van der Waals surface area contributed by atoms with Gasteiger partial charge in [0.05, 0.1) is 10.6 Å². The molecular weight excluding hydrogens is 373 g/mol. The summed E-state index contributed by atoms with van der Waals surface area (Å²) in [6.07, 6.45) is 5.83. The molecule has 1 saturated heterocycles. The van der Waals surface area contributed by atoms with E-state index in [9.17, 15) is 9.59 Å². The Hall–Kier alpha value is -2.11. The zero-order valence-corrected chi connectivity index (χ0v) is 15.7. The van der Waals surface area contributed by atoms with E-state index in [0.29, 0.717) is 16.8 Å². The van der Waals surface area contributed by atoms with Gasteiger partial charge in [0, 0.05) is 30.5 Å². The molecule has 136 valence electrons. The highest BCUT2D eigenvalue weighted by molar-refractivity contribution is 6.41. The summed E-state index contributed by atoms with van der Waals surface area (Å²) in [5.74, 6) is -0.305. The Bertz CT molecular complexity index is 801. The average molecular weight is 392 g/mol. The third kappa shape index (κ3) is 4.54. The van der Waals surface area contributed by atoms with Crippen LogP contribution < -0.4 is 5.32 Å². The highest BCUT2D eigenvalue weighted by Crippen LogP contribution is 2.21. The first-order valence-corrected chi connectivity index (χ1v) is 9.32. The number of nitrogens with zero attached hydrogens (tertiary/aromatic N) is 2. The molecule has 0 spiro atoms. The van der Waals surface area contributed by atoms with Crippen LogP contribution in [0.3, 0.4) is 0 Å². The lowest BCUT2D eigenvalue weighted by atomic mass is 10.1. The molecule has 5 nitrogen and oxygen atoms in total. The first-order valence-electron chi connectivity index (χ1n) is 8.56. The molecular formula is C19H19Cl2N3O2. The van der Waals surface area contributed by atoms with Crippen LogP contribution in [0.5, 0.6) is 0 Å². The Labute approximate surface area is 162 Å². The lowest BCUT2D eigenvalue weighted by Crippen LogP contribution is -2.31. The van der Waals surface area contributed by atoms with Gasteiger partial charge in [-0.15, -0.1) is 0 Å². The number of aromatic nitrogens is 1. The largest absolute Gasteiger partial charge is 0.339 e. The minimum atomic E-state index is -0.345. The van der Waals surface area contributed by atoms with Crippen LogP contribution in [0.25, 0.3) is 0 Å². The molecule has 1 N–H and O–H groups in total. The van der Waals surface area contributed by atoms with Crippen LogP contribution in [0.2, 0.25) is 10.2 Å². The van der Waals surface area contributed by atoms with E-state index in [4.69, 9.17) is 23.2 Å². The van der Waals surface area contributed by atoms with Crippen molar-refractivity contribution in [2.24, 2.45) is 0 Å². The molecule has 2 amide bonds. The molecule has 2 aromatic rings. The molecule has 1 aliphatic rings. The second-order valence-corrected chi connectivity index (χ2v) is 7.00. The van der Waals surface area contributed by atoms with Gasteiger partial charge in [0.15, 0.2) is 0 Å². The summed E-state index contributed by atoms with van der Waals surface area (Å²) in [7, 11) is 0. The molecule has 26 heavy (non-hydrogen) atoms. The van der Waals surface area contributed by atoms with Crippen molar-refractivity contribution >= 4 is 40.7 Å². The van der Waals surface area contributed by atoms with Gasteiger partial charge in [-0.05, 0) is 43.2 Å². The van der Waals surface area contributed by atoms with E-state index in [1.165, 1.54) is 25.1 Å². The van der Waals surface area contributed by atoms with Gasteiger partial charge in [0.1, 0.15) is 5.15 Å². The summed E-state index contributed by atoms with van der Waals surface area (Å²) in [5, 5.41) is 3.13. The second-order valence-electron chi connectivity index (χ2n) is 6.23. The number of carbonyl (C=O) groups is 2. The highest BCUT2D eigenvalue weighted by atomic mass is 35.5. The van der Waals surface area contributed by atoms with Gasteiger partial charge in [-0.2, -0.15) is 0 Å². The summed E-state index contributed by atoms with van der Waals surface area (Å²) in [4.78, 5) is 30.6. The zero-order valence-electron chi connectivity index (χ0n) is 14.2. The summed E-state index contributed by atoms with van der Waals surface area (Å²) in [6.45, 7) is 1.61. The van der Waals surface area contributed by atoms with Gasteiger partial charge in [0.2, 0.25) is 0 Å². The van der Waals surface area contributed by atoms with Crippen molar-refractivity contribution in [2.75, 3.05) is 18.4 Å². The predicted molar refractivity (Wildman–Crippen MR) is 103 cm³/mol. The maximum absolute atomic E-state index is 12.6. The van der Waals surface area contributed by atoms with Crippen molar-refractivity contribution in [1.82, 2.24) is 9.88 Å². The molecule has 0 aliphatic carbocycles. The fourth-order valence-corrected chi connectivity index (χ4v) is 3.17. The molecule has 1 fully saturated rings. The number of halogens is 2. The number of benzene rings is 1. The highest BCUT2D eigenvalue weighted by Gasteiger charge is 2.17. The number of carbonyl (C=O) groups excluding carboxylic acids is 2. The zero-order chi connectivity index (χ0) is 18.5. The van der Waals surface area contributed by atoms with Crippen molar-refractivity contribution in [3.05, 3.63) is 57.8 Å². The maximum Gasteiger partial charge on any atom is 0.257 e. The maximum atomic E-state index is 12.6. The van der Waals surface area contributed by atoms with E-state index in [1.54, 1.807) is 24.3 Å². The fourth-order valence-electron chi connectivity index (χ4n) is 2.90.